The molecule has 0 heterocycles. The molecule has 2 rings (SSSR count). The van der Waals surface area contributed by atoms with Crippen LogP contribution in [0.3, 0.4) is 0 Å². The molecule has 104 valence electrons. The van der Waals surface area contributed by atoms with Gasteiger partial charge < -0.3 is 10.1 Å². The summed E-state index contributed by atoms with van der Waals surface area (Å²) >= 11 is 0. The van der Waals surface area contributed by atoms with Gasteiger partial charge in [0.15, 0.2) is 0 Å². The van der Waals surface area contributed by atoms with Crippen molar-refractivity contribution in [2.24, 2.45) is 5.92 Å². The third-order valence-corrected chi connectivity index (χ3v) is 3.73. The molecule has 19 heavy (non-hydrogen) atoms. The van der Waals surface area contributed by atoms with Gasteiger partial charge in [0.1, 0.15) is 11.5 Å². The van der Waals surface area contributed by atoms with Crippen molar-refractivity contribution >= 4 is 11.5 Å². The number of carbonyl (C=O) groups is 1. The standard InChI is InChI=1S/C16H23NO2/c1-3-19-16-9-6-14(10-12(16)2)17-11-13-4-7-15(18)8-5-13/h6,9-10,13,17H,3-5,7-8,11H2,1-2H3. The Morgan fingerprint density at radius 2 is 2.05 bits per heavy atom. The summed E-state index contributed by atoms with van der Waals surface area (Å²) in [5.41, 5.74) is 2.29. The number of rotatable bonds is 5. The van der Waals surface area contributed by atoms with Gasteiger partial charge in [-0.2, -0.15) is 0 Å². The van der Waals surface area contributed by atoms with Crippen LogP contribution in [0.1, 0.15) is 38.2 Å². The van der Waals surface area contributed by atoms with Crippen LogP contribution in [0.15, 0.2) is 18.2 Å². The Kier molecular flexibility index (Phi) is 4.83. The average Bonchev–Trinajstić information content (AvgIpc) is 2.41. The Morgan fingerprint density at radius 3 is 2.68 bits per heavy atom. The zero-order chi connectivity index (χ0) is 13.7. The highest BCUT2D eigenvalue weighted by atomic mass is 16.5. The molecule has 0 atom stereocenters. The van der Waals surface area contributed by atoms with Crippen molar-refractivity contribution in [2.75, 3.05) is 18.5 Å². The van der Waals surface area contributed by atoms with E-state index in [0.717, 1.165) is 49.2 Å². The largest absolute Gasteiger partial charge is 0.494 e. The number of ketones is 1. The summed E-state index contributed by atoms with van der Waals surface area (Å²) in [6, 6.07) is 6.20. The molecule has 1 aliphatic rings. The summed E-state index contributed by atoms with van der Waals surface area (Å²) in [7, 11) is 0. The minimum atomic E-state index is 0.424. The van der Waals surface area contributed by atoms with Crippen LogP contribution >= 0.6 is 0 Å². The minimum absolute atomic E-state index is 0.424. The van der Waals surface area contributed by atoms with Crippen LogP contribution in [0, 0.1) is 12.8 Å². The molecule has 1 saturated carbocycles. The second-order valence-corrected chi connectivity index (χ2v) is 5.28. The molecule has 0 saturated heterocycles. The highest BCUT2D eigenvalue weighted by Gasteiger charge is 2.18. The van der Waals surface area contributed by atoms with E-state index < -0.39 is 0 Å². The number of hydrogen-bond donors (Lipinski definition) is 1. The van der Waals surface area contributed by atoms with Gasteiger partial charge in [-0.05, 0) is 56.4 Å². The molecule has 0 unspecified atom stereocenters. The molecule has 0 bridgehead atoms. The molecule has 1 N–H and O–H groups in total. The van der Waals surface area contributed by atoms with Crippen molar-refractivity contribution in [2.45, 2.75) is 39.5 Å². The van der Waals surface area contributed by atoms with Crippen LogP contribution in [-0.4, -0.2) is 18.9 Å². The molecule has 0 radical (unpaired) electrons. The number of aryl methyl sites for hydroxylation is 1. The van der Waals surface area contributed by atoms with Gasteiger partial charge >= 0.3 is 0 Å². The van der Waals surface area contributed by atoms with Gasteiger partial charge in [0.25, 0.3) is 0 Å². The van der Waals surface area contributed by atoms with Crippen molar-refractivity contribution in [1.29, 1.82) is 0 Å². The van der Waals surface area contributed by atoms with Crippen LogP contribution in [0.4, 0.5) is 5.69 Å². The topological polar surface area (TPSA) is 38.3 Å². The molecule has 3 heteroatoms. The quantitative estimate of drug-likeness (QED) is 0.880. The van der Waals surface area contributed by atoms with E-state index in [2.05, 4.69) is 24.4 Å². The zero-order valence-electron chi connectivity index (χ0n) is 11.9. The number of carbonyl (C=O) groups excluding carboxylic acids is 1. The maximum absolute atomic E-state index is 11.2. The second kappa shape index (κ2) is 6.60. The summed E-state index contributed by atoms with van der Waals surface area (Å²) in [6.07, 6.45) is 3.58. The lowest BCUT2D eigenvalue weighted by Crippen LogP contribution is -2.21. The monoisotopic (exact) mass is 261 g/mol. The van der Waals surface area contributed by atoms with Crippen LogP contribution < -0.4 is 10.1 Å². The van der Waals surface area contributed by atoms with Crippen LogP contribution in [0.2, 0.25) is 0 Å². The van der Waals surface area contributed by atoms with Gasteiger partial charge in [0, 0.05) is 25.1 Å². The Morgan fingerprint density at radius 1 is 1.32 bits per heavy atom. The SMILES string of the molecule is CCOc1ccc(NCC2CCC(=O)CC2)cc1C. The van der Waals surface area contributed by atoms with Crippen molar-refractivity contribution in [3.63, 3.8) is 0 Å². The smallest absolute Gasteiger partial charge is 0.132 e. The van der Waals surface area contributed by atoms with Crippen LogP contribution in [0.25, 0.3) is 0 Å². The predicted molar refractivity (Wildman–Crippen MR) is 77.8 cm³/mol. The van der Waals surface area contributed by atoms with Crippen molar-refractivity contribution in [3.8, 4) is 5.75 Å². The molecule has 0 spiro atoms. The zero-order valence-corrected chi connectivity index (χ0v) is 11.9. The number of anilines is 1. The Labute approximate surface area is 115 Å². The normalized spacial score (nSPS) is 16.4. The lowest BCUT2D eigenvalue weighted by molar-refractivity contribution is -0.120. The van der Waals surface area contributed by atoms with E-state index in [1.165, 1.54) is 0 Å². The van der Waals surface area contributed by atoms with E-state index in [9.17, 15) is 4.79 Å². The van der Waals surface area contributed by atoms with Crippen molar-refractivity contribution in [3.05, 3.63) is 23.8 Å². The minimum Gasteiger partial charge on any atom is -0.494 e. The number of hydrogen-bond acceptors (Lipinski definition) is 3. The molecule has 0 aliphatic heterocycles. The summed E-state index contributed by atoms with van der Waals surface area (Å²) in [6.45, 7) is 5.72. The molecule has 0 aromatic heterocycles. The molecule has 1 aliphatic carbocycles. The first-order valence-electron chi connectivity index (χ1n) is 7.18. The lowest BCUT2D eigenvalue weighted by Gasteiger charge is -2.22. The van der Waals surface area contributed by atoms with Crippen molar-refractivity contribution in [1.82, 2.24) is 0 Å². The van der Waals surface area contributed by atoms with E-state index in [1.807, 2.05) is 13.0 Å². The molecule has 1 fully saturated rings. The number of ether oxygens (including phenoxy) is 1. The fraction of sp³-hybridized carbons (Fsp3) is 0.562. The second-order valence-electron chi connectivity index (χ2n) is 5.28. The van der Waals surface area contributed by atoms with E-state index in [-0.39, 0.29) is 0 Å². The third-order valence-electron chi connectivity index (χ3n) is 3.73. The predicted octanol–water partition coefficient (Wildman–Crippen LogP) is 3.56. The van der Waals surface area contributed by atoms with Crippen LogP contribution in [-0.2, 0) is 4.79 Å². The fourth-order valence-corrected chi connectivity index (χ4v) is 2.54. The molecular weight excluding hydrogens is 238 g/mol. The van der Waals surface area contributed by atoms with Gasteiger partial charge in [-0.3, -0.25) is 4.79 Å². The highest BCUT2D eigenvalue weighted by Crippen LogP contribution is 2.24. The van der Waals surface area contributed by atoms with E-state index >= 15 is 0 Å². The Bertz CT molecular complexity index is 432. The third kappa shape index (κ3) is 3.98. The summed E-state index contributed by atoms with van der Waals surface area (Å²) in [4.78, 5) is 11.2. The number of benzene rings is 1. The Hall–Kier alpha value is -1.51. The average molecular weight is 261 g/mol. The van der Waals surface area contributed by atoms with E-state index in [0.29, 0.717) is 18.3 Å². The maximum Gasteiger partial charge on any atom is 0.132 e. The summed E-state index contributed by atoms with van der Waals surface area (Å²) < 4.78 is 5.53. The summed E-state index contributed by atoms with van der Waals surface area (Å²) in [5, 5.41) is 3.47. The van der Waals surface area contributed by atoms with Crippen LogP contribution in [0.5, 0.6) is 5.75 Å². The van der Waals surface area contributed by atoms with Gasteiger partial charge in [-0.15, -0.1) is 0 Å². The molecule has 3 nitrogen and oxygen atoms in total. The van der Waals surface area contributed by atoms with E-state index in [4.69, 9.17) is 4.74 Å². The van der Waals surface area contributed by atoms with Gasteiger partial charge in [0.05, 0.1) is 6.61 Å². The van der Waals surface area contributed by atoms with E-state index in [1.54, 1.807) is 0 Å². The van der Waals surface area contributed by atoms with Crippen molar-refractivity contribution < 1.29 is 9.53 Å². The Balaban J connectivity index is 1.86. The number of nitrogens with one attached hydrogen (secondary N) is 1. The molecular formula is C16H23NO2. The van der Waals surface area contributed by atoms with Gasteiger partial charge in [-0.1, -0.05) is 0 Å². The number of Topliss-reactive ketones (excluding diaryl/α,β-unsaturated/α-hetero) is 1. The summed E-state index contributed by atoms with van der Waals surface area (Å²) in [5.74, 6) is 2.01. The molecule has 1 aromatic carbocycles. The lowest BCUT2D eigenvalue weighted by atomic mass is 9.88. The first-order chi connectivity index (χ1) is 9.19. The first kappa shape index (κ1) is 13.9. The van der Waals surface area contributed by atoms with Gasteiger partial charge in [-0.25, -0.2) is 0 Å². The fourth-order valence-electron chi connectivity index (χ4n) is 2.54. The molecule has 0 amide bonds. The maximum atomic E-state index is 11.2. The first-order valence-corrected chi connectivity index (χ1v) is 7.18. The van der Waals surface area contributed by atoms with Gasteiger partial charge in [0.2, 0.25) is 0 Å². The molecule has 1 aromatic rings. The highest BCUT2D eigenvalue weighted by molar-refractivity contribution is 5.79.